The van der Waals surface area contributed by atoms with E-state index in [1.165, 1.54) is 186 Å². The SMILES string of the molecule is CCCCCCCCCCCCCCCCCCC(=O)OC[C@H](COP(=O)(O)OC[C@@H](O)COP(=O)(O)OC[C@@H](COC(=O)CCCCCCCCC(C)CC)OC(=O)CCCCCCCCCC(C)C)OC(=O)CCCCCCCCCCCCCCCCC(C)CC. The molecule has 94 heavy (non-hydrogen) atoms. The molecule has 19 heteroatoms. The number of unbranched alkanes of at least 4 members (excludes halogenated alkanes) is 39. The first kappa shape index (κ1) is 92.1. The van der Waals surface area contributed by atoms with Crippen LogP contribution < -0.4 is 0 Å². The van der Waals surface area contributed by atoms with Gasteiger partial charge in [0.05, 0.1) is 26.4 Å². The van der Waals surface area contributed by atoms with Gasteiger partial charge in [0.1, 0.15) is 19.3 Å². The van der Waals surface area contributed by atoms with Crippen LogP contribution in [0.25, 0.3) is 0 Å². The molecular weight excluding hydrogens is 1230 g/mol. The number of carbonyl (C=O) groups is 4. The largest absolute Gasteiger partial charge is 0.472 e. The minimum atomic E-state index is -4.96. The fourth-order valence-corrected chi connectivity index (χ4v) is 12.9. The van der Waals surface area contributed by atoms with Gasteiger partial charge in [-0.3, -0.25) is 37.3 Å². The minimum absolute atomic E-state index is 0.103. The number of aliphatic hydroxyl groups is 1. The summed E-state index contributed by atoms with van der Waals surface area (Å²) in [5, 5.41) is 10.6. The molecule has 17 nitrogen and oxygen atoms in total. The Kier molecular flexibility index (Phi) is 64.3. The zero-order valence-corrected chi connectivity index (χ0v) is 63.2. The predicted molar refractivity (Wildman–Crippen MR) is 381 cm³/mol. The van der Waals surface area contributed by atoms with E-state index in [9.17, 15) is 43.2 Å². The number of ether oxygens (including phenoxy) is 4. The highest BCUT2D eigenvalue weighted by molar-refractivity contribution is 7.47. The molecule has 0 fully saturated rings. The van der Waals surface area contributed by atoms with E-state index >= 15 is 0 Å². The van der Waals surface area contributed by atoms with Crippen molar-refractivity contribution in [3.8, 4) is 0 Å². The third-order valence-corrected chi connectivity index (χ3v) is 20.0. The standard InChI is InChI=1S/C75H146O17P2/c1-8-11-12-13-14-15-16-17-18-19-23-26-29-34-42-49-56-72(77)85-62-70(91-74(79)58-51-44-35-30-27-24-21-20-22-25-28-33-40-47-54-67(6)9-2)64-89-93(81,82)87-60-69(76)61-88-94(83,84)90-65-71(92-75(80)59-52-45-36-31-32-39-46-53-66(4)5)63-86-73(78)57-50-43-38-37-41-48-55-68(7)10-3/h66-71,76H,8-65H2,1-7H3,(H,81,82)(H,83,84)/t67?,68?,69-,70-,71-/m1/s1. The number of esters is 4. The summed E-state index contributed by atoms with van der Waals surface area (Å²) in [5.74, 6) is 0.150. The Morgan fingerprint density at radius 1 is 0.309 bits per heavy atom. The molecule has 0 aliphatic carbocycles. The van der Waals surface area contributed by atoms with E-state index in [0.717, 1.165) is 108 Å². The van der Waals surface area contributed by atoms with E-state index < -0.39 is 97.5 Å². The van der Waals surface area contributed by atoms with Crippen LogP contribution in [0.4, 0.5) is 0 Å². The van der Waals surface area contributed by atoms with Gasteiger partial charge < -0.3 is 33.8 Å². The van der Waals surface area contributed by atoms with E-state index in [2.05, 4.69) is 48.5 Å². The van der Waals surface area contributed by atoms with Crippen molar-refractivity contribution in [1.82, 2.24) is 0 Å². The Morgan fingerprint density at radius 2 is 0.543 bits per heavy atom. The van der Waals surface area contributed by atoms with Gasteiger partial charge in [0.2, 0.25) is 0 Å². The van der Waals surface area contributed by atoms with Gasteiger partial charge in [-0.15, -0.1) is 0 Å². The molecule has 0 aromatic heterocycles. The van der Waals surface area contributed by atoms with Gasteiger partial charge in [0.15, 0.2) is 12.2 Å². The molecular formula is C75H146O17P2. The monoisotopic (exact) mass is 1380 g/mol. The fourth-order valence-electron chi connectivity index (χ4n) is 11.4. The van der Waals surface area contributed by atoms with E-state index in [1.807, 2.05) is 0 Å². The van der Waals surface area contributed by atoms with E-state index in [4.69, 9.17) is 37.0 Å². The molecule has 0 aliphatic rings. The number of hydrogen-bond acceptors (Lipinski definition) is 15. The quantitative estimate of drug-likeness (QED) is 0.0222. The molecule has 558 valence electrons. The molecule has 0 saturated carbocycles. The molecule has 0 bridgehead atoms. The molecule has 0 aromatic rings. The third kappa shape index (κ3) is 66.0. The van der Waals surface area contributed by atoms with Gasteiger partial charge in [0.25, 0.3) is 0 Å². The molecule has 0 amide bonds. The lowest BCUT2D eigenvalue weighted by Gasteiger charge is -2.21. The number of rotatable bonds is 73. The molecule has 7 atom stereocenters. The Hall–Kier alpha value is -1.94. The highest BCUT2D eigenvalue weighted by Crippen LogP contribution is 2.45. The normalized spacial score (nSPS) is 14.7. The van der Waals surface area contributed by atoms with Crippen molar-refractivity contribution >= 4 is 39.5 Å². The fraction of sp³-hybridized carbons (Fsp3) is 0.947. The zero-order chi connectivity index (χ0) is 69.4. The molecule has 0 aromatic carbocycles. The number of phosphoric acid groups is 2. The summed E-state index contributed by atoms with van der Waals surface area (Å²) in [4.78, 5) is 72.7. The molecule has 0 saturated heterocycles. The summed E-state index contributed by atoms with van der Waals surface area (Å²) in [7, 11) is -9.91. The number of hydrogen-bond donors (Lipinski definition) is 3. The van der Waals surface area contributed by atoms with Crippen LogP contribution in [0.2, 0.25) is 0 Å². The lowest BCUT2D eigenvalue weighted by atomic mass is 9.99. The minimum Gasteiger partial charge on any atom is -0.462 e. The van der Waals surface area contributed by atoms with Crippen molar-refractivity contribution in [2.24, 2.45) is 17.8 Å². The smallest absolute Gasteiger partial charge is 0.462 e. The Balaban J connectivity index is 5.23. The number of aliphatic hydroxyl groups excluding tert-OH is 1. The second-order valence-electron chi connectivity index (χ2n) is 28.0. The van der Waals surface area contributed by atoms with Crippen LogP contribution in [-0.4, -0.2) is 96.7 Å². The molecule has 0 aliphatic heterocycles. The second kappa shape index (κ2) is 65.7. The maximum atomic E-state index is 13.1. The maximum absolute atomic E-state index is 13.1. The molecule has 0 rings (SSSR count). The lowest BCUT2D eigenvalue weighted by Crippen LogP contribution is -2.30. The molecule has 3 N–H and O–H groups in total. The van der Waals surface area contributed by atoms with Gasteiger partial charge in [-0.05, 0) is 43.4 Å². The average molecular weight is 1380 g/mol. The van der Waals surface area contributed by atoms with Crippen LogP contribution in [0.1, 0.15) is 382 Å². The van der Waals surface area contributed by atoms with Gasteiger partial charge >= 0.3 is 39.5 Å². The molecule has 0 radical (unpaired) electrons. The summed E-state index contributed by atoms with van der Waals surface area (Å²) in [5.41, 5.74) is 0. The zero-order valence-electron chi connectivity index (χ0n) is 61.4. The van der Waals surface area contributed by atoms with Crippen molar-refractivity contribution < 1.29 is 80.2 Å². The lowest BCUT2D eigenvalue weighted by molar-refractivity contribution is -0.161. The van der Waals surface area contributed by atoms with E-state index in [-0.39, 0.29) is 25.7 Å². The van der Waals surface area contributed by atoms with Crippen molar-refractivity contribution in [1.29, 1.82) is 0 Å². The van der Waals surface area contributed by atoms with Crippen LogP contribution in [0, 0.1) is 17.8 Å². The van der Waals surface area contributed by atoms with Crippen molar-refractivity contribution in [3.05, 3.63) is 0 Å². The number of phosphoric ester groups is 2. The highest BCUT2D eigenvalue weighted by Gasteiger charge is 2.30. The van der Waals surface area contributed by atoms with Crippen LogP contribution >= 0.6 is 15.6 Å². The topological polar surface area (TPSA) is 237 Å². The summed E-state index contributed by atoms with van der Waals surface area (Å²) >= 11 is 0. The van der Waals surface area contributed by atoms with Gasteiger partial charge in [-0.1, -0.05) is 331 Å². The van der Waals surface area contributed by atoms with Crippen molar-refractivity contribution in [2.45, 2.75) is 401 Å². The Bertz CT molecular complexity index is 1840. The van der Waals surface area contributed by atoms with E-state index in [0.29, 0.717) is 31.6 Å². The van der Waals surface area contributed by atoms with Gasteiger partial charge in [-0.2, -0.15) is 0 Å². The van der Waals surface area contributed by atoms with E-state index in [1.54, 1.807) is 0 Å². The Morgan fingerprint density at radius 3 is 0.809 bits per heavy atom. The van der Waals surface area contributed by atoms with Crippen molar-refractivity contribution in [3.63, 3.8) is 0 Å². The predicted octanol–water partition coefficient (Wildman–Crippen LogP) is 21.8. The van der Waals surface area contributed by atoms with Gasteiger partial charge in [0, 0.05) is 25.7 Å². The number of carbonyl (C=O) groups excluding carboxylic acids is 4. The summed E-state index contributed by atoms with van der Waals surface area (Å²) in [6, 6.07) is 0. The maximum Gasteiger partial charge on any atom is 0.472 e. The van der Waals surface area contributed by atoms with Gasteiger partial charge in [-0.25, -0.2) is 9.13 Å². The molecule has 0 spiro atoms. The van der Waals surface area contributed by atoms with Crippen LogP contribution in [0.5, 0.6) is 0 Å². The van der Waals surface area contributed by atoms with Crippen LogP contribution in [-0.2, 0) is 65.4 Å². The summed E-state index contributed by atoms with van der Waals surface area (Å²) in [6.07, 6.45) is 51.4. The molecule has 0 heterocycles. The highest BCUT2D eigenvalue weighted by atomic mass is 31.2. The first-order valence-corrected chi connectivity index (χ1v) is 41.9. The first-order valence-electron chi connectivity index (χ1n) is 38.9. The summed E-state index contributed by atoms with van der Waals surface area (Å²) < 4.78 is 68.4. The van der Waals surface area contributed by atoms with Crippen molar-refractivity contribution in [2.75, 3.05) is 39.6 Å². The Labute approximate surface area is 575 Å². The van der Waals surface area contributed by atoms with Crippen LogP contribution in [0.3, 0.4) is 0 Å². The first-order chi connectivity index (χ1) is 45.3. The third-order valence-electron chi connectivity index (χ3n) is 18.1. The second-order valence-corrected chi connectivity index (χ2v) is 30.9. The average Bonchev–Trinajstić information content (AvgIpc) is 2.03. The molecule has 4 unspecified atom stereocenters. The van der Waals surface area contributed by atoms with Crippen LogP contribution in [0.15, 0.2) is 0 Å². The summed E-state index contributed by atoms with van der Waals surface area (Å²) in [6.45, 7) is 11.8.